The van der Waals surface area contributed by atoms with Crippen molar-refractivity contribution in [2.75, 3.05) is 0 Å². The molecule has 0 saturated heterocycles. The van der Waals surface area contributed by atoms with Crippen LogP contribution in [0.2, 0.25) is 18.1 Å². The quantitative estimate of drug-likeness (QED) is 0.371. The summed E-state index contributed by atoms with van der Waals surface area (Å²) in [4.78, 5) is 21.3. The Kier molecular flexibility index (Phi) is 7.95. The Morgan fingerprint density at radius 3 is 1.91 bits per heavy atom. The third-order valence-corrected chi connectivity index (χ3v) is 8.19. The molecule has 0 spiro atoms. The van der Waals surface area contributed by atoms with Crippen molar-refractivity contribution in [3.63, 3.8) is 0 Å². The molecule has 4 N–H and O–H groups in total. The Balaban J connectivity index is 5.25. The lowest BCUT2D eigenvalue weighted by molar-refractivity contribution is -0.139. The van der Waals surface area contributed by atoms with E-state index in [0.717, 1.165) is 0 Å². The second kappa shape index (κ2) is 8.46. The Hall–Kier alpha value is -1.38. The third-order valence-electron chi connectivity index (χ3n) is 3.80. The molecule has 0 bridgehead atoms. The molecule has 2 atom stereocenters. The second-order valence-corrected chi connectivity index (χ2v) is 11.8. The van der Waals surface area contributed by atoms with E-state index >= 15 is 0 Å². The summed E-state index contributed by atoms with van der Waals surface area (Å²) in [5, 5.41) is 36.9. The molecule has 0 aliphatic carbocycles. The van der Waals surface area contributed by atoms with E-state index in [4.69, 9.17) is 14.6 Å². The number of hydrogen-bond donors (Lipinski definition) is 4. The van der Waals surface area contributed by atoms with Crippen LogP contribution in [0.5, 0.6) is 0 Å². The van der Waals surface area contributed by atoms with Crippen LogP contribution >= 0.6 is 0 Å². The molecule has 0 fully saturated rings. The minimum absolute atomic E-state index is 0.0878. The third kappa shape index (κ3) is 8.73. The van der Waals surface area contributed by atoms with Crippen molar-refractivity contribution in [3.8, 4) is 0 Å². The van der Waals surface area contributed by atoms with Gasteiger partial charge in [-0.2, -0.15) is 0 Å². The van der Waals surface area contributed by atoms with Crippen LogP contribution in [0.4, 0.5) is 0 Å². The van der Waals surface area contributed by atoms with Crippen molar-refractivity contribution in [2.45, 2.75) is 70.4 Å². The number of aliphatic hydroxyl groups is 2. The largest absolute Gasteiger partial charge is 0.547 e. The van der Waals surface area contributed by atoms with E-state index in [2.05, 4.69) is 0 Å². The van der Waals surface area contributed by atoms with Crippen molar-refractivity contribution in [3.05, 3.63) is 11.8 Å². The van der Waals surface area contributed by atoms with Crippen LogP contribution in [0.1, 0.15) is 40.0 Å². The molecule has 8 heteroatoms. The zero-order valence-corrected chi connectivity index (χ0v) is 15.4. The Bertz CT molecular complexity index is 451. The molecule has 0 aromatic rings. The molecule has 0 radical (unpaired) electrons. The van der Waals surface area contributed by atoms with E-state index in [1.54, 1.807) is 0 Å². The number of carboxylic acids is 2. The molecule has 0 saturated carbocycles. The highest BCUT2D eigenvalue weighted by Crippen LogP contribution is 2.38. The van der Waals surface area contributed by atoms with Crippen LogP contribution in [-0.2, 0) is 14.0 Å². The van der Waals surface area contributed by atoms with Crippen LogP contribution < -0.4 is 0 Å². The highest BCUT2D eigenvalue weighted by atomic mass is 28.4. The Labute approximate surface area is 137 Å². The lowest BCUT2D eigenvalue weighted by Crippen LogP contribution is -2.41. The minimum Gasteiger partial charge on any atom is -0.547 e. The highest BCUT2D eigenvalue weighted by Gasteiger charge is 2.39. The summed E-state index contributed by atoms with van der Waals surface area (Å²) in [5.41, 5.74) is 0. The summed E-state index contributed by atoms with van der Waals surface area (Å²) < 4.78 is 6.00. The predicted octanol–water partition coefficient (Wildman–Crippen LogP) is 1.95. The lowest BCUT2D eigenvalue weighted by Gasteiger charge is -2.37. The van der Waals surface area contributed by atoms with E-state index < -0.39 is 45.3 Å². The number of aliphatic hydroxyl groups excluding tert-OH is 2. The van der Waals surface area contributed by atoms with E-state index in [9.17, 15) is 19.8 Å². The highest BCUT2D eigenvalue weighted by molar-refractivity contribution is 6.74. The summed E-state index contributed by atoms with van der Waals surface area (Å²) in [6, 6.07) is 0. The SMILES string of the molecule is CC(C)(C)[Si](C)(C)O/C(=C\[C@@H](O)CC(=O)O)C[C@H](O)CC(=O)O. The van der Waals surface area contributed by atoms with Gasteiger partial charge in [0.05, 0.1) is 30.8 Å². The zero-order valence-electron chi connectivity index (χ0n) is 14.4. The smallest absolute Gasteiger partial charge is 0.306 e. The van der Waals surface area contributed by atoms with E-state index in [1.165, 1.54) is 6.08 Å². The molecule has 0 aliphatic heterocycles. The van der Waals surface area contributed by atoms with Gasteiger partial charge in [0.2, 0.25) is 8.32 Å². The number of hydrogen-bond acceptors (Lipinski definition) is 5. The van der Waals surface area contributed by atoms with Gasteiger partial charge in [0, 0.05) is 6.42 Å². The maximum atomic E-state index is 10.7. The van der Waals surface area contributed by atoms with Crippen LogP contribution in [0.3, 0.4) is 0 Å². The number of rotatable bonds is 9. The standard InChI is InChI=1S/C15H28O7Si/c1-15(2,3)23(4,5)22-12(6-10(16)8-13(18)19)7-11(17)9-14(20)21/h6,10-11,16-17H,7-9H2,1-5H3,(H,18,19)(H,20,21)/b12-6-/t10-,11+/m1/s1. The summed E-state index contributed by atoms with van der Waals surface area (Å²) in [7, 11) is -2.27. The van der Waals surface area contributed by atoms with Gasteiger partial charge >= 0.3 is 11.9 Å². The number of carbonyl (C=O) groups is 2. The Morgan fingerprint density at radius 2 is 1.52 bits per heavy atom. The first-order chi connectivity index (χ1) is 10.2. The molecule has 0 amide bonds. The summed E-state index contributed by atoms with van der Waals surface area (Å²) in [6.45, 7) is 9.97. The van der Waals surface area contributed by atoms with Gasteiger partial charge in [-0.3, -0.25) is 9.59 Å². The molecular weight excluding hydrogens is 320 g/mol. The minimum atomic E-state index is -2.27. The topological polar surface area (TPSA) is 124 Å². The molecule has 0 aromatic carbocycles. The number of carboxylic acid groups (broad SMARTS) is 2. The van der Waals surface area contributed by atoms with Gasteiger partial charge < -0.3 is 24.9 Å². The van der Waals surface area contributed by atoms with Crippen LogP contribution in [0.25, 0.3) is 0 Å². The summed E-state index contributed by atoms with van der Waals surface area (Å²) in [6.07, 6.45) is -2.20. The van der Waals surface area contributed by atoms with Crippen molar-refractivity contribution in [1.82, 2.24) is 0 Å². The molecule has 0 unspecified atom stereocenters. The fourth-order valence-corrected chi connectivity index (χ4v) is 2.70. The lowest BCUT2D eigenvalue weighted by atomic mass is 10.1. The average molecular weight is 348 g/mol. The number of aliphatic carboxylic acids is 2. The first-order valence-electron chi connectivity index (χ1n) is 7.44. The predicted molar refractivity (Wildman–Crippen MR) is 87.5 cm³/mol. The molecule has 23 heavy (non-hydrogen) atoms. The van der Waals surface area contributed by atoms with E-state index in [0.29, 0.717) is 0 Å². The van der Waals surface area contributed by atoms with E-state index in [-0.39, 0.29) is 17.2 Å². The van der Waals surface area contributed by atoms with Crippen molar-refractivity contribution in [1.29, 1.82) is 0 Å². The maximum Gasteiger partial charge on any atom is 0.306 e. The van der Waals surface area contributed by atoms with Gasteiger partial charge in [0.1, 0.15) is 0 Å². The average Bonchev–Trinajstić information content (AvgIpc) is 2.22. The molecule has 0 heterocycles. The Morgan fingerprint density at radius 1 is 1.04 bits per heavy atom. The second-order valence-electron chi connectivity index (χ2n) is 7.12. The first kappa shape index (κ1) is 21.6. The molecule has 7 nitrogen and oxygen atoms in total. The van der Waals surface area contributed by atoms with Crippen molar-refractivity contribution < 1.29 is 34.4 Å². The van der Waals surface area contributed by atoms with Crippen molar-refractivity contribution in [2.24, 2.45) is 0 Å². The van der Waals surface area contributed by atoms with Gasteiger partial charge in [-0.25, -0.2) is 0 Å². The van der Waals surface area contributed by atoms with Gasteiger partial charge in [0.25, 0.3) is 0 Å². The molecule has 134 valence electrons. The summed E-state index contributed by atoms with van der Waals surface area (Å²) >= 11 is 0. The normalized spacial score (nSPS) is 15.9. The molecule has 0 rings (SSSR count). The molecule has 0 aromatic heterocycles. The van der Waals surface area contributed by atoms with E-state index in [1.807, 2.05) is 33.9 Å². The molecular formula is C15H28O7Si. The van der Waals surface area contributed by atoms with Crippen LogP contribution in [-0.4, -0.2) is 52.9 Å². The fourth-order valence-electron chi connectivity index (χ4n) is 1.58. The summed E-state index contributed by atoms with van der Waals surface area (Å²) in [5.74, 6) is -2.07. The molecule has 0 aliphatic rings. The van der Waals surface area contributed by atoms with Gasteiger partial charge in [0.15, 0.2) is 0 Å². The zero-order chi connectivity index (χ0) is 18.4. The monoisotopic (exact) mass is 348 g/mol. The fraction of sp³-hybridized carbons (Fsp3) is 0.733. The van der Waals surface area contributed by atoms with Gasteiger partial charge in [-0.05, 0) is 24.2 Å². The maximum absolute atomic E-state index is 10.7. The first-order valence-corrected chi connectivity index (χ1v) is 10.3. The van der Waals surface area contributed by atoms with Crippen molar-refractivity contribution >= 4 is 20.3 Å². The van der Waals surface area contributed by atoms with Crippen LogP contribution in [0.15, 0.2) is 11.8 Å². The van der Waals surface area contributed by atoms with Gasteiger partial charge in [-0.1, -0.05) is 20.8 Å². The van der Waals surface area contributed by atoms with Gasteiger partial charge in [-0.15, -0.1) is 0 Å². The van der Waals surface area contributed by atoms with Crippen LogP contribution in [0, 0.1) is 0 Å².